The van der Waals surface area contributed by atoms with Crippen LogP contribution in [-0.4, -0.2) is 28.2 Å². The number of aromatic nitrogens is 2. The van der Waals surface area contributed by atoms with Crippen molar-refractivity contribution < 1.29 is 5.11 Å². The molecular formula is C13H20ClN3O. The third-order valence-corrected chi connectivity index (χ3v) is 3.99. The molecule has 1 heterocycles. The Hall–Kier alpha value is -0.870. The van der Waals surface area contributed by atoms with Gasteiger partial charge in [0.2, 0.25) is 5.95 Å². The maximum atomic E-state index is 9.24. The van der Waals surface area contributed by atoms with Crippen LogP contribution in [0.5, 0.6) is 0 Å². The summed E-state index contributed by atoms with van der Waals surface area (Å²) in [5.41, 5.74) is 0.204. The molecule has 1 aromatic heterocycles. The number of anilines is 1. The van der Waals surface area contributed by atoms with Gasteiger partial charge in [0.25, 0.3) is 0 Å². The van der Waals surface area contributed by atoms with Gasteiger partial charge in [-0.1, -0.05) is 30.9 Å². The lowest BCUT2D eigenvalue weighted by atomic mass is 9.72. The maximum Gasteiger partial charge on any atom is 0.222 e. The summed E-state index contributed by atoms with van der Waals surface area (Å²) in [4.78, 5) is 8.27. The van der Waals surface area contributed by atoms with Crippen molar-refractivity contribution in [2.75, 3.05) is 18.5 Å². The Balaban J connectivity index is 1.94. The van der Waals surface area contributed by atoms with Gasteiger partial charge in [0.1, 0.15) is 0 Å². The van der Waals surface area contributed by atoms with Crippen LogP contribution in [-0.2, 0) is 0 Å². The van der Waals surface area contributed by atoms with Gasteiger partial charge in [-0.2, -0.15) is 0 Å². The van der Waals surface area contributed by atoms with Crippen molar-refractivity contribution in [3.8, 4) is 0 Å². The Labute approximate surface area is 113 Å². The minimum absolute atomic E-state index is 0.204. The lowest BCUT2D eigenvalue weighted by molar-refractivity contribution is 0.141. The summed E-state index contributed by atoms with van der Waals surface area (Å²) >= 11 is 5.75. The van der Waals surface area contributed by atoms with Crippen LogP contribution in [0.4, 0.5) is 5.95 Å². The standard InChI is InChI=1S/C13H20ClN3O/c14-11-8-15-12(16-9-11)17-10-13(6-7-18)4-2-1-3-5-13/h8-9,18H,1-7,10H2,(H,15,16,17). The lowest BCUT2D eigenvalue weighted by Gasteiger charge is -2.37. The molecule has 2 rings (SSSR count). The molecule has 1 fully saturated rings. The van der Waals surface area contributed by atoms with Crippen LogP contribution in [0.3, 0.4) is 0 Å². The zero-order valence-corrected chi connectivity index (χ0v) is 11.3. The van der Waals surface area contributed by atoms with Gasteiger partial charge in [-0.05, 0) is 24.7 Å². The molecule has 18 heavy (non-hydrogen) atoms. The maximum absolute atomic E-state index is 9.24. The number of nitrogens with zero attached hydrogens (tertiary/aromatic N) is 2. The number of aliphatic hydroxyl groups excluding tert-OH is 1. The van der Waals surface area contributed by atoms with Crippen LogP contribution in [0.25, 0.3) is 0 Å². The third-order valence-electron chi connectivity index (χ3n) is 3.80. The van der Waals surface area contributed by atoms with Crippen LogP contribution in [0, 0.1) is 5.41 Å². The van der Waals surface area contributed by atoms with Crippen LogP contribution >= 0.6 is 11.6 Å². The second-order valence-electron chi connectivity index (χ2n) is 5.11. The topological polar surface area (TPSA) is 58.0 Å². The zero-order valence-electron chi connectivity index (χ0n) is 10.5. The summed E-state index contributed by atoms with van der Waals surface area (Å²) in [6.45, 7) is 1.08. The molecule has 2 N–H and O–H groups in total. The van der Waals surface area contributed by atoms with Crippen molar-refractivity contribution in [3.63, 3.8) is 0 Å². The second-order valence-corrected chi connectivity index (χ2v) is 5.55. The lowest BCUT2D eigenvalue weighted by Crippen LogP contribution is -2.33. The molecule has 0 atom stereocenters. The van der Waals surface area contributed by atoms with E-state index < -0.39 is 0 Å². The van der Waals surface area contributed by atoms with Crippen molar-refractivity contribution in [1.29, 1.82) is 0 Å². The van der Waals surface area contributed by atoms with Gasteiger partial charge in [-0.15, -0.1) is 0 Å². The van der Waals surface area contributed by atoms with Crippen LogP contribution < -0.4 is 5.32 Å². The highest BCUT2D eigenvalue weighted by atomic mass is 35.5. The Morgan fingerprint density at radius 2 is 1.89 bits per heavy atom. The van der Waals surface area contributed by atoms with Gasteiger partial charge < -0.3 is 10.4 Å². The van der Waals surface area contributed by atoms with Gasteiger partial charge in [-0.25, -0.2) is 9.97 Å². The van der Waals surface area contributed by atoms with Gasteiger partial charge in [0.05, 0.1) is 17.4 Å². The molecule has 1 saturated carbocycles. The Morgan fingerprint density at radius 1 is 1.22 bits per heavy atom. The monoisotopic (exact) mass is 269 g/mol. The minimum atomic E-state index is 0.204. The van der Waals surface area contributed by atoms with Crippen LogP contribution in [0.15, 0.2) is 12.4 Å². The zero-order chi connectivity index (χ0) is 12.8. The van der Waals surface area contributed by atoms with Crippen molar-refractivity contribution >= 4 is 17.5 Å². The van der Waals surface area contributed by atoms with E-state index in [0.29, 0.717) is 11.0 Å². The summed E-state index contributed by atoms with van der Waals surface area (Å²) in [7, 11) is 0. The van der Waals surface area contributed by atoms with Crippen molar-refractivity contribution in [2.24, 2.45) is 5.41 Å². The average Bonchev–Trinajstić information content (AvgIpc) is 2.40. The van der Waals surface area contributed by atoms with Crippen molar-refractivity contribution in [3.05, 3.63) is 17.4 Å². The quantitative estimate of drug-likeness (QED) is 0.863. The van der Waals surface area contributed by atoms with Gasteiger partial charge in [-0.3, -0.25) is 0 Å². The van der Waals surface area contributed by atoms with E-state index in [9.17, 15) is 5.11 Å². The smallest absolute Gasteiger partial charge is 0.222 e. The predicted octanol–water partition coefficient (Wildman–Crippen LogP) is 2.87. The Kier molecular flexibility index (Phi) is 4.78. The molecule has 1 aliphatic carbocycles. The van der Waals surface area contributed by atoms with E-state index in [1.54, 1.807) is 12.4 Å². The highest BCUT2D eigenvalue weighted by Crippen LogP contribution is 2.39. The summed E-state index contributed by atoms with van der Waals surface area (Å²) in [5.74, 6) is 0.613. The fraction of sp³-hybridized carbons (Fsp3) is 0.692. The molecule has 0 aromatic carbocycles. The van der Waals surface area contributed by atoms with Gasteiger partial charge in [0.15, 0.2) is 0 Å². The van der Waals surface area contributed by atoms with Gasteiger partial charge >= 0.3 is 0 Å². The van der Waals surface area contributed by atoms with E-state index in [4.69, 9.17) is 11.6 Å². The molecule has 0 saturated heterocycles. The third kappa shape index (κ3) is 3.56. The van der Waals surface area contributed by atoms with E-state index in [-0.39, 0.29) is 12.0 Å². The number of rotatable bonds is 5. The van der Waals surface area contributed by atoms with Gasteiger partial charge in [0, 0.05) is 13.2 Å². The highest BCUT2D eigenvalue weighted by Gasteiger charge is 2.31. The minimum Gasteiger partial charge on any atom is -0.396 e. The molecule has 0 bridgehead atoms. The largest absolute Gasteiger partial charge is 0.396 e. The molecular weight excluding hydrogens is 250 g/mol. The first kappa shape index (κ1) is 13.6. The number of nitrogens with one attached hydrogen (secondary N) is 1. The van der Waals surface area contributed by atoms with E-state index in [1.807, 2.05) is 0 Å². The first-order chi connectivity index (χ1) is 8.74. The highest BCUT2D eigenvalue weighted by molar-refractivity contribution is 6.30. The van der Waals surface area contributed by atoms with E-state index in [1.165, 1.54) is 32.1 Å². The molecule has 1 aliphatic rings. The molecule has 100 valence electrons. The fourth-order valence-corrected chi connectivity index (χ4v) is 2.82. The summed E-state index contributed by atoms with van der Waals surface area (Å²) in [6, 6.07) is 0. The van der Waals surface area contributed by atoms with Crippen LogP contribution in [0.1, 0.15) is 38.5 Å². The molecule has 0 spiro atoms. The molecule has 0 amide bonds. The van der Waals surface area contributed by atoms with Crippen LogP contribution in [0.2, 0.25) is 5.02 Å². The fourth-order valence-electron chi connectivity index (χ4n) is 2.72. The molecule has 0 aliphatic heterocycles. The van der Waals surface area contributed by atoms with E-state index >= 15 is 0 Å². The van der Waals surface area contributed by atoms with Crippen molar-refractivity contribution in [2.45, 2.75) is 38.5 Å². The summed E-state index contributed by atoms with van der Waals surface area (Å²) in [5, 5.41) is 13.1. The van der Waals surface area contributed by atoms with E-state index in [0.717, 1.165) is 13.0 Å². The number of halogens is 1. The molecule has 4 nitrogen and oxygen atoms in total. The number of hydrogen-bond donors (Lipinski definition) is 2. The van der Waals surface area contributed by atoms with Crippen molar-refractivity contribution in [1.82, 2.24) is 9.97 Å². The molecule has 1 aromatic rings. The average molecular weight is 270 g/mol. The Morgan fingerprint density at radius 3 is 2.50 bits per heavy atom. The number of aliphatic hydroxyl groups is 1. The second kappa shape index (κ2) is 6.34. The predicted molar refractivity (Wildman–Crippen MR) is 72.8 cm³/mol. The SMILES string of the molecule is OCCC1(CNc2ncc(Cl)cn2)CCCCC1. The number of hydrogen-bond acceptors (Lipinski definition) is 4. The molecule has 0 unspecified atom stereocenters. The normalized spacial score (nSPS) is 18.6. The summed E-state index contributed by atoms with van der Waals surface area (Å²) < 4.78 is 0. The molecule has 0 radical (unpaired) electrons. The first-order valence-corrected chi connectivity index (χ1v) is 6.94. The Bertz CT molecular complexity index is 357. The molecule has 5 heteroatoms. The summed E-state index contributed by atoms with van der Waals surface area (Å²) in [6.07, 6.45) is 10.2. The van der Waals surface area contributed by atoms with E-state index in [2.05, 4.69) is 15.3 Å². The first-order valence-electron chi connectivity index (χ1n) is 6.56.